The van der Waals surface area contributed by atoms with E-state index in [-0.39, 0.29) is 17.7 Å². The van der Waals surface area contributed by atoms with Gasteiger partial charge in [-0.3, -0.25) is 9.36 Å². The molecular formula is C33H32N2O7S. The quantitative estimate of drug-likeness (QED) is 0.249. The number of benzene rings is 3. The Morgan fingerprint density at radius 3 is 2.40 bits per heavy atom. The van der Waals surface area contributed by atoms with Crippen LogP contribution in [-0.2, 0) is 16.1 Å². The Labute approximate surface area is 252 Å². The molecule has 9 nitrogen and oxygen atoms in total. The minimum Gasteiger partial charge on any atom is -0.497 e. The Balaban J connectivity index is 1.60. The number of allylic oxidation sites excluding steroid dienone is 1. The maximum absolute atomic E-state index is 14.0. The van der Waals surface area contributed by atoms with Crippen LogP contribution in [0.1, 0.15) is 36.6 Å². The van der Waals surface area contributed by atoms with E-state index < -0.39 is 12.0 Å². The largest absolute Gasteiger partial charge is 0.497 e. The first kappa shape index (κ1) is 29.7. The Kier molecular flexibility index (Phi) is 8.96. The van der Waals surface area contributed by atoms with Gasteiger partial charge in [-0.2, -0.15) is 0 Å². The number of hydrogen-bond acceptors (Lipinski definition) is 9. The van der Waals surface area contributed by atoms with E-state index >= 15 is 0 Å². The van der Waals surface area contributed by atoms with E-state index in [9.17, 15) is 9.59 Å². The fourth-order valence-corrected chi connectivity index (χ4v) is 5.97. The predicted octanol–water partition coefficient (Wildman–Crippen LogP) is 4.40. The highest BCUT2D eigenvalue weighted by atomic mass is 32.1. The van der Waals surface area contributed by atoms with Gasteiger partial charge < -0.3 is 23.7 Å². The topological polar surface area (TPSA) is 97.6 Å². The molecule has 222 valence electrons. The monoisotopic (exact) mass is 600 g/mol. The molecule has 10 heteroatoms. The van der Waals surface area contributed by atoms with Gasteiger partial charge >= 0.3 is 5.97 Å². The van der Waals surface area contributed by atoms with Crippen LogP contribution in [0.4, 0.5) is 0 Å². The summed E-state index contributed by atoms with van der Waals surface area (Å²) in [5.41, 5.74) is 2.77. The van der Waals surface area contributed by atoms with Gasteiger partial charge in [0.25, 0.3) is 5.56 Å². The molecule has 2 heterocycles. The van der Waals surface area contributed by atoms with Crippen LogP contribution in [-0.4, -0.2) is 38.5 Å². The Morgan fingerprint density at radius 1 is 0.953 bits per heavy atom. The normalized spacial score (nSPS) is 14.5. The van der Waals surface area contributed by atoms with E-state index in [1.165, 1.54) is 23.0 Å². The van der Waals surface area contributed by atoms with E-state index in [2.05, 4.69) is 4.99 Å². The molecule has 0 fully saturated rings. The summed E-state index contributed by atoms with van der Waals surface area (Å²) in [4.78, 5) is 32.4. The van der Waals surface area contributed by atoms with Gasteiger partial charge in [-0.1, -0.05) is 47.7 Å². The first-order chi connectivity index (χ1) is 20.9. The first-order valence-electron chi connectivity index (χ1n) is 13.6. The molecule has 0 N–H and O–H groups in total. The van der Waals surface area contributed by atoms with Crippen LogP contribution in [0.25, 0.3) is 6.08 Å². The number of thiazole rings is 1. The first-order valence-corrected chi connectivity index (χ1v) is 14.5. The molecule has 4 aromatic rings. The highest BCUT2D eigenvalue weighted by molar-refractivity contribution is 7.07. The molecule has 0 aliphatic carbocycles. The van der Waals surface area contributed by atoms with E-state index in [0.717, 1.165) is 11.1 Å². The Bertz CT molecular complexity index is 1860. The SMILES string of the molecule is CCOC(=O)C1=C(C)N=c2s/c(=C\c3ccc(OCc4ccccc4)c(OC)c3)c(=O)n2C1c1cc(OC)ccc1OC. The fourth-order valence-electron chi connectivity index (χ4n) is 4.92. The van der Waals surface area contributed by atoms with Crippen LogP contribution >= 0.6 is 11.3 Å². The lowest BCUT2D eigenvalue weighted by Gasteiger charge is -2.26. The van der Waals surface area contributed by atoms with Gasteiger partial charge in [0, 0.05) is 5.56 Å². The number of ether oxygens (including phenoxy) is 5. The van der Waals surface area contributed by atoms with Gasteiger partial charge in [-0.25, -0.2) is 9.79 Å². The van der Waals surface area contributed by atoms with Gasteiger partial charge in [-0.05, 0) is 61.4 Å². The third-order valence-electron chi connectivity index (χ3n) is 6.97. The molecule has 1 aliphatic heterocycles. The summed E-state index contributed by atoms with van der Waals surface area (Å²) in [6.07, 6.45) is 1.77. The summed E-state index contributed by atoms with van der Waals surface area (Å²) in [5, 5.41) is 0. The van der Waals surface area contributed by atoms with Crippen LogP contribution in [0.3, 0.4) is 0 Å². The van der Waals surface area contributed by atoms with Crippen molar-refractivity contribution in [2.24, 2.45) is 4.99 Å². The van der Waals surface area contributed by atoms with Crippen LogP contribution < -0.4 is 33.8 Å². The van der Waals surface area contributed by atoms with E-state index in [1.807, 2.05) is 48.5 Å². The van der Waals surface area contributed by atoms with Gasteiger partial charge in [0.1, 0.15) is 24.1 Å². The summed E-state index contributed by atoms with van der Waals surface area (Å²) in [5.74, 6) is 1.62. The summed E-state index contributed by atoms with van der Waals surface area (Å²) >= 11 is 1.23. The number of fused-ring (bicyclic) bond motifs is 1. The summed E-state index contributed by atoms with van der Waals surface area (Å²) < 4.78 is 30.1. The standard InChI is InChI=1S/C33H32N2O7S/c1-6-41-32(37)29-20(2)34-33-35(30(29)24-18-23(38-3)13-15-25(24)39-4)31(36)28(43-33)17-22-12-14-26(27(16-22)40-5)42-19-21-10-8-7-9-11-21/h7-18,30H,6,19H2,1-5H3/b28-17-. The van der Waals surface area contributed by atoms with Gasteiger partial charge in [0.2, 0.25) is 0 Å². The maximum Gasteiger partial charge on any atom is 0.338 e. The molecule has 1 aromatic heterocycles. The number of carbonyl (C=O) groups is 1. The second kappa shape index (κ2) is 13.0. The van der Waals surface area contributed by atoms with Crippen molar-refractivity contribution in [1.82, 2.24) is 4.57 Å². The van der Waals surface area contributed by atoms with Gasteiger partial charge in [0.05, 0.1) is 43.7 Å². The summed E-state index contributed by atoms with van der Waals surface area (Å²) in [6, 6.07) is 19.8. The average molecular weight is 601 g/mol. The molecule has 1 aliphatic rings. The lowest BCUT2D eigenvalue weighted by Crippen LogP contribution is -2.40. The Hall–Kier alpha value is -4.83. The summed E-state index contributed by atoms with van der Waals surface area (Å²) in [7, 11) is 4.66. The van der Waals surface area contributed by atoms with Crippen LogP contribution in [0.2, 0.25) is 0 Å². The predicted molar refractivity (Wildman–Crippen MR) is 164 cm³/mol. The lowest BCUT2D eigenvalue weighted by molar-refractivity contribution is -0.139. The zero-order chi connectivity index (χ0) is 30.5. The molecule has 1 atom stereocenters. The molecule has 0 spiro atoms. The molecule has 0 saturated heterocycles. The van der Waals surface area contributed by atoms with Crippen molar-refractivity contribution < 1.29 is 28.5 Å². The molecule has 0 amide bonds. The minimum absolute atomic E-state index is 0.175. The number of rotatable bonds is 10. The van der Waals surface area contributed by atoms with Gasteiger partial charge in [0.15, 0.2) is 16.3 Å². The molecule has 5 rings (SSSR count). The van der Waals surface area contributed by atoms with Crippen molar-refractivity contribution in [2.45, 2.75) is 26.5 Å². The fraction of sp³-hybridized carbons (Fsp3) is 0.242. The maximum atomic E-state index is 14.0. The van der Waals surface area contributed by atoms with E-state index in [1.54, 1.807) is 52.3 Å². The molecule has 43 heavy (non-hydrogen) atoms. The van der Waals surface area contributed by atoms with Crippen LogP contribution in [0, 0.1) is 0 Å². The molecule has 3 aromatic carbocycles. The molecule has 0 bridgehead atoms. The number of esters is 1. The minimum atomic E-state index is -0.842. The smallest absolute Gasteiger partial charge is 0.338 e. The zero-order valence-electron chi connectivity index (χ0n) is 24.6. The number of aromatic nitrogens is 1. The number of methoxy groups -OCH3 is 3. The van der Waals surface area contributed by atoms with Gasteiger partial charge in [-0.15, -0.1) is 0 Å². The third-order valence-corrected chi connectivity index (χ3v) is 7.95. The highest BCUT2D eigenvalue weighted by Gasteiger charge is 2.35. The molecule has 1 unspecified atom stereocenters. The average Bonchev–Trinajstić information content (AvgIpc) is 3.33. The van der Waals surface area contributed by atoms with Crippen LogP contribution in [0.5, 0.6) is 23.0 Å². The zero-order valence-corrected chi connectivity index (χ0v) is 25.4. The van der Waals surface area contributed by atoms with Crippen molar-refractivity contribution in [3.05, 3.63) is 114 Å². The van der Waals surface area contributed by atoms with Crippen molar-refractivity contribution >= 4 is 23.4 Å². The highest BCUT2D eigenvalue weighted by Crippen LogP contribution is 2.38. The summed E-state index contributed by atoms with van der Waals surface area (Å²) in [6.45, 7) is 4.04. The second-order valence-electron chi connectivity index (χ2n) is 9.59. The van der Waals surface area contributed by atoms with Crippen molar-refractivity contribution in [3.8, 4) is 23.0 Å². The number of nitrogens with zero attached hydrogens (tertiary/aromatic N) is 2. The van der Waals surface area contributed by atoms with Crippen molar-refractivity contribution in [3.63, 3.8) is 0 Å². The second-order valence-corrected chi connectivity index (χ2v) is 10.6. The number of carbonyl (C=O) groups excluding carboxylic acids is 1. The Morgan fingerprint density at radius 2 is 1.70 bits per heavy atom. The third kappa shape index (κ3) is 6.05. The van der Waals surface area contributed by atoms with Crippen LogP contribution in [0.15, 0.2) is 87.8 Å². The molecule has 0 radical (unpaired) electrons. The van der Waals surface area contributed by atoms with E-state index in [4.69, 9.17) is 23.7 Å². The molecular weight excluding hydrogens is 568 g/mol. The number of hydrogen-bond donors (Lipinski definition) is 0. The lowest BCUT2D eigenvalue weighted by atomic mass is 9.94. The van der Waals surface area contributed by atoms with Crippen molar-refractivity contribution in [2.75, 3.05) is 27.9 Å². The van der Waals surface area contributed by atoms with Crippen molar-refractivity contribution in [1.29, 1.82) is 0 Å². The van der Waals surface area contributed by atoms with E-state index in [0.29, 0.717) is 50.2 Å². The molecule has 0 saturated carbocycles.